The van der Waals surface area contributed by atoms with Crippen LogP contribution < -0.4 is 20.1 Å². The van der Waals surface area contributed by atoms with E-state index in [1.807, 2.05) is 54.6 Å². The number of nitrogens with one attached hydrogen (secondary N) is 2. The van der Waals surface area contributed by atoms with Gasteiger partial charge < -0.3 is 20.1 Å². The summed E-state index contributed by atoms with van der Waals surface area (Å²) < 4.78 is 11.5. The topological polar surface area (TPSA) is 59.6 Å². The van der Waals surface area contributed by atoms with Crippen molar-refractivity contribution in [2.75, 3.05) is 26.2 Å². The van der Waals surface area contributed by atoms with Gasteiger partial charge in [-0.3, -0.25) is 4.79 Å². The molecule has 0 saturated heterocycles. The van der Waals surface area contributed by atoms with Crippen LogP contribution in [0.25, 0.3) is 0 Å². The zero-order valence-electron chi connectivity index (χ0n) is 15.1. The second-order valence-electron chi connectivity index (χ2n) is 6.10. The first-order valence-electron chi connectivity index (χ1n) is 8.85. The number of hydrogen-bond donors (Lipinski definition) is 2. The number of hydrogen-bond acceptors (Lipinski definition) is 4. The summed E-state index contributed by atoms with van der Waals surface area (Å²) in [5, 5.41) is 6.15. The first-order valence-corrected chi connectivity index (χ1v) is 8.85. The van der Waals surface area contributed by atoms with Crippen molar-refractivity contribution in [1.29, 1.82) is 0 Å². The Morgan fingerprint density at radius 3 is 2.41 bits per heavy atom. The van der Waals surface area contributed by atoms with Crippen molar-refractivity contribution in [3.05, 3.63) is 71.8 Å². The molecule has 0 unspecified atom stereocenters. The van der Waals surface area contributed by atoms with Gasteiger partial charge in [0, 0.05) is 13.1 Å². The molecule has 0 radical (unpaired) electrons. The minimum Gasteiger partial charge on any atom is -0.485 e. The standard InChI is InChI=1S/C21H24N2O3.ClH/c24-21(23-14-17-10-12-22-13-11-17)16-26-20-9-5-4-8-19(20)25-15-18-6-2-1-3-7-18;/h1-10,22H,11-16H2,(H,23,24);1H. The Morgan fingerprint density at radius 2 is 1.70 bits per heavy atom. The molecule has 2 aromatic carbocycles. The number of para-hydroxylation sites is 2. The van der Waals surface area contributed by atoms with E-state index in [2.05, 4.69) is 16.7 Å². The number of carbonyl (C=O) groups is 1. The smallest absolute Gasteiger partial charge is 0.258 e. The van der Waals surface area contributed by atoms with Crippen LogP contribution in [0.4, 0.5) is 0 Å². The van der Waals surface area contributed by atoms with Crippen LogP contribution in [0.5, 0.6) is 11.5 Å². The van der Waals surface area contributed by atoms with Crippen molar-refractivity contribution < 1.29 is 14.3 Å². The Bertz CT molecular complexity index is 750. The minimum absolute atomic E-state index is 0. The lowest BCUT2D eigenvalue weighted by molar-refractivity contribution is -0.122. The molecule has 6 heteroatoms. The predicted octanol–water partition coefficient (Wildman–Crippen LogP) is 3.10. The van der Waals surface area contributed by atoms with Crippen LogP contribution in [0.2, 0.25) is 0 Å². The Hall–Kier alpha value is -2.50. The molecule has 144 valence electrons. The maximum Gasteiger partial charge on any atom is 0.258 e. The van der Waals surface area contributed by atoms with Crippen LogP contribution in [-0.4, -0.2) is 32.1 Å². The quantitative estimate of drug-likeness (QED) is 0.682. The number of amides is 1. The van der Waals surface area contributed by atoms with Gasteiger partial charge in [0.1, 0.15) is 6.61 Å². The molecule has 1 aliphatic rings. The molecule has 0 aliphatic carbocycles. The lowest BCUT2D eigenvalue weighted by Gasteiger charge is -2.15. The molecular formula is C21H25ClN2O3. The number of benzene rings is 2. The van der Waals surface area contributed by atoms with Crippen molar-refractivity contribution in [1.82, 2.24) is 10.6 Å². The zero-order chi connectivity index (χ0) is 18.0. The lowest BCUT2D eigenvalue weighted by atomic mass is 10.1. The molecule has 1 heterocycles. The summed E-state index contributed by atoms with van der Waals surface area (Å²) in [6.07, 6.45) is 3.09. The average Bonchev–Trinajstić information content (AvgIpc) is 2.71. The van der Waals surface area contributed by atoms with Gasteiger partial charge in [0.15, 0.2) is 18.1 Å². The molecule has 2 aromatic rings. The van der Waals surface area contributed by atoms with E-state index in [0.29, 0.717) is 24.7 Å². The van der Waals surface area contributed by atoms with Crippen molar-refractivity contribution in [3.8, 4) is 11.5 Å². The minimum atomic E-state index is -0.137. The second-order valence-corrected chi connectivity index (χ2v) is 6.10. The van der Waals surface area contributed by atoms with E-state index in [9.17, 15) is 4.79 Å². The predicted molar refractivity (Wildman–Crippen MR) is 109 cm³/mol. The molecule has 3 rings (SSSR count). The highest BCUT2D eigenvalue weighted by Gasteiger charge is 2.09. The SMILES string of the molecule is Cl.O=C(COc1ccccc1OCc1ccccc1)NCC1=CCNCC1. The number of ether oxygens (including phenoxy) is 2. The van der Waals surface area contributed by atoms with Crippen LogP contribution in [0.3, 0.4) is 0 Å². The van der Waals surface area contributed by atoms with Gasteiger partial charge in [-0.05, 0) is 30.7 Å². The molecular weight excluding hydrogens is 364 g/mol. The number of halogens is 1. The van der Waals surface area contributed by atoms with Crippen molar-refractivity contribution in [2.45, 2.75) is 13.0 Å². The maximum absolute atomic E-state index is 12.0. The van der Waals surface area contributed by atoms with Crippen molar-refractivity contribution in [3.63, 3.8) is 0 Å². The highest BCUT2D eigenvalue weighted by molar-refractivity contribution is 5.85. The second kappa shape index (κ2) is 11.3. The summed E-state index contributed by atoms with van der Waals surface area (Å²) in [5.74, 6) is 1.06. The largest absolute Gasteiger partial charge is 0.485 e. The Kier molecular flexibility index (Phi) is 8.68. The van der Waals surface area contributed by atoms with Gasteiger partial charge in [0.2, 0.25) is 0 Å². The van der Waals surface area contributed by atoms with E-state index in [1.165, 1.54) is 5.57 Å². The van der Waals surface area contributed by atoms with Gasteiger partial charge in [-0.2, -0.15) is 0 Å². The third kappa shape index (κ3) is 6.96. The molecule has 0 spiro atoms. The van der Waals surface area contributed by atoms with Gasteiger partial charge in [0.25, 0.3) is 5.91 Å². The van der Waals surface area contributed by atoms with Gasteiger partial charge in [-0.1, -0.05) is 54.1 Å². The highest BCUT2D eigenvalue weighted by Crippen LogP contribution is 2.27. The van der Waals surface area contributed by atoms with Gasteiger partial charge in [-0.25, -0.2) is 0 Å². The molecule has 2 N–H and O–H groups in total. The van der Waals surface area contributed by atoms with Crippen molar-refractivity contribution >= 4 is 18.3 Å². The number of rotatable bonds is 8. The molecule has 27 heavy (non-hydrogen) atoms. The van der Waals surface area contributed by atoms with Crippen LogP contribution >= 0.6 is 12.4 Å². The van der Waals surface area contributed by atoms with E-state index < -0.39 is 0 Å². The highest BCUT2D eigenvalue weighted by atomic mass is 35.5. The number of carbonyl (C=O) groups excluding carboxylic acids is 1. The monoisotopic (exact) mass is 388 g/mol. The molecule has 0 atom stereocenters. The summed E-state index contributed by atoms with van der Waals surface area (Å²) in [4.78, 5) is 12.0. The fraction of sp³-hybridized carbons (Fsp3) is 0.286. The van der Waals surface area contributed by atoms with Crippen molar-refractivity contribution in [2.24, 2.45) is 0 Å². The van der Waals surface area contributed by atoms with Gasteiger partial charge in [0.05, 0.1) is 0 Å². The van der Waals surface area contributed by atoms with Crippen LogP contribution in [0.1, 0.15) is 12.0 Å². The first-order chi connectivity index (χ1) is 12.8. The molecule has 0 bridgehead atoms. The maximum atomic E-state index is 12.0. The summed E-state index contributed by atoms with van der Waals surface area (Å²) in [7, 11) is 0. The Morgan fingerprint density at radius 1 is 1.00 bits per heavy atom. The van der Waals surface area contributed by atoms with Crippen LogP contribution in [0.15, 0.2) is 66.2 Å². The summed E-state index contributed by atoms with van der Waals surface area (Å²) >= 11 is 0. The van der Waals surface area contributed by atoms with Crippen LogP contribution in [0, 0.1) is 0 Å². The Labute approximate surface area is 166 Å². The lowest BCUT2D eigenvalue weighted by Crippen LogP contribution is -2.32. The van der Waals surface area contributed by atoms with Gasteiger partial charge in [-0.15, -0.1) is 12.4 Å². The third-order valence-corrected chi connectivity index (χ3v) is 4.12. The fourth-order valence-corrected chi connectivity index (χ4v) is 2.66. The average molecular weight is 389 g/mol. The normalized spacial score (nSPS) is 13.1. The Balaban J connectivity index is 0.00000261. The molecule has 0 aromatic heterocycles. The van der Waals surface area contributed by atoms with E-state index in [0.717, 1.165) is 25.1 Å². The molecule has 1 aliphatic heterocycles. The fourth-order valence-electron chi connectivity index (χ4n) is 2.66. The molecule has 0 fully saturated rings. The van der Waals surface area contributed by atoms with Crippen LogP contribution in [-0.2, 0) is 11.4 Å². The molecule has 5 nitrogen and oxygen atoms in total. The first kappa shape index (κ1) is 20.8. The summed E-state index contributed by atoms with van der Waals surface area (Å²) in [6, 6.07) is 17.3. The summed E-state index contributed by atoms with van der Waals surface area (Å²) in [5.41, 5.74) is 2.33. The third-order valence-electron chi connectivity index (χ3n) is 4.12. The molecule has 0 saturated carbocycles. The summed E-state index contributed by atoms with van der Waals surface area (Å²) in [6.45, 7) is 2.83. The molecule has 1 amide bonds. The van der Waals surface area contributed by atoms with E-state index >= 15 is 0 Å². The van der Waals surface area contributed by atoms with E-state index in [-0.39, 0.29) is 24.9 Å². The van der Waals surface area contributed by atoms with Gasteiger partial charge >= 0.3 is 0 Å². The van der Waals surface area contributed by atoms with E-state index in [4.69, 9.17) is 9.47 Å². The zero-order valence-corrected chi connectivity index (χ0v) is 16.0. The van der Waals surface area contributed by atoms with E-state index in [1.54, 1.807) is 0 Å².